The van der Waals surface area contributed by atoms with Crippen LogP contribution >= 0.6 is 0 Å². The smallest absolute Gasteiger partial charge is 0.0853 e. The van der Waals surface area contributed by atoms with Crippen LogP contribution in [0.3, 0.4) is 0 Å². The third-order valence-corrected chi connectivity index (χ3v) is 2.17. The van der Waals surface area contributed by atoms with E-state index in [9.17, 15) is 0 Å². The molecule has 1 aliphatic rings. The van der Waals surface area contributed by atoms with E-state index in [4.69, 9.17) is 5.11 Å². The Morgan fingerprint density at radius 3 is 3.00 bits per heavy atom. The summed E-state index contributed by atoms with van der Waals surface area (Å²) in [6, 6.07) is 6.18. The molecule has 0 unspecified atom stereocenters. The Morgan fingerprint density at radius 1 is 1.58 bits per heavy atom. The second-order valence-corrected chi connectivity index (χ2v) is 3.01. The molecule has 1 fully saturated rings. The SMILES string of the molecule is OCc1cccc([C@H]2CCN2)n1. The number of nitrogens with zero attached hydrogens (tertiary/aromatic N) is 1. The summed E-state index contributed by atoms with van der Waals surface area (Å²) in [4.78, 5) is 4.30. The molecule has 1 atom stereocenters. The van der Waals surface area contributed by atoms with Crippen LogP contribution in [0.2, 0.25) is 0 Å². The summed E-state index contributed by atoms with van der Waals surface area (Å²) in [5.74, 6) is 0. The molecule has 64 valence electrons. The van der Waals surface area contributed by atoms with Gasteiger partial charge < -0.3 is 10.4 Å². The molecule has 0 radical (unpaired) electrons. The number of hydrogen-bond donors (Lipinski definition) is 2. The van der Waals surface area contributed by atoms with Crippen LogP contribution in [0.15, 0.2) is 18.2 Å². The van der Waals surface area contributed by atoms with Gasteiger partial charge in [0.15, 0.2) is 0 Å². The molecule has 1 aromatic heterocycles. The minimum absolute atomic E-state index is 0.0283. The van der Waals surface area contributed by atoms with E-state index in [-0.39, 0.29) is 6.61 Å². The zero-order chi connectivity index (χ0) is 8.39. The van der Waals surface area contributed by atoms with E-state index < -0.39 is 0 Å². The normalized spacial score (nSPS) is 21.9. The quantitative estimate of drug-likeness (QED) is 0.673. The standard InChI is InChI=1S/C9H12N2O/c12-6-7-2-1-3-9(11-7)8-4-5-10-8/h1-3,8,10,12H,4-6H2/t8-/m1/s1. The number of hydrogen-bond acceptors (Lipinski definition) is 3. The van der Waals surface area contributed by atoms with Gasteiger partial charge in [0.1, 0.15) is 0 Å². The van der Waals surface area contributed by atoms with Gasteiger partial charge in [-0.05, 0) is 25.1 Å². The van der Waals surface area contributed by atoms with Crippen molar-refractivity contribution in [3.8, 4) is 0 Å². The Hall–Kier alpha value is -0.930. The molecule has 3 heteroatoms. The summed E-state index contributed by atoms with van der Waals surface area (Å²) in [5, 5.41) is 12.1. The maximum absolute atomic E-state index is 8.85. The summed E-state index contributed by atoms with van der Waals surface area (Å²) >= 11 is 0. The Kier molecular flexibility index (Phi) is 2.06. The van der Waals surface area contributed by atoms with Crippen LogP contribution in [-0.2, 0) is 6.61 Å². The zero-order valence-electron chi connectivity index (χ0n) is 6.83. The molecule has 0 saturated carbocycles. The molecule has 1 saturated heterocycles. The molecule has 1 aromatic rings. The van der Waals surface area contributed by atoms with Crippen molar-refractivity contribution in [2.45, 2.75) is 19.1 Å². The second-order valence-electron chi connectivity index (χ2n) is 3.01. The van der Waals surface area contributed by atoms with Crippen molar-refractivity contribution in [3.63, 3.8) is 0 Å². The molecule has 0 spiro atoms. The van der Waals surface area contributed by atoms with E-state index in [1.165, 1.54) is 0 Å². The molecule has 0 amide bonds. The third kappa shape index (κ3) is 1.33. The van der Waals surface area contributed by atoms with Crippen molar-refractivity contribution in [2.75, 3.05) is 6.54 Å². The van der Waals surface area contributed by atoms with Crippen molar-refractivity contribution in [2.24, 2.45) is 0 Å². The van der Waals surface area contributed by atoms with E-state index in [0.717, 1.165) is 24.4 Å². The fourth-order valence-electron chi connectivity index (χ4n) is 1.32. The number of aromatic nitrogens is 1. The highest BCUT2D eigenvalue weighted by Crippen LogP contribution is 2.20. The van der Waals surface area contributed by atoms with Crippen LogP contribution in [0.4, 0.5) is 0 Å². The Balaban J connectivity index is 2.19. The Labute approximate surface area is 71.4 Å². The largest absolute Gasteiger partial charge is 0.390 e. The van der Waals surface area contributed by atoms with Crippen molar-refractivity contribution in [3.05, 3.63) is 29.6 Å². The summed E-state index contributed by atoms with van der Waals surface area (Å²) in [5.41, 5.74) is 1.80. The van der Waals surface area contributed by atoms with E-state index in [1.807, 2.05) is 18.2 Å². The molecule has 2 rings (SSSR count). The highest BCUT2D eigenvalue weighted by molar-refractivity contribution is 5.15. The number of aliphatic hydroxyl groups is 1. The van der Waals surface area contributed by atoms with Gasteiger partial charge in [-0.3, -0.25) is 4.98 Å². The van der Waals surface area contributed by atoms with Crippen LogP contribution < -0.4 is 5.32 Å². The average molecular weight is 164 g/mol. The molecule has 2 heterocycles. The Morgan fingerprint density at radius 2 is 2.42 bits per heavy atom. The summed E-state index contributed by atoms with van der Waals surface area (Å²) in [6.45, 7) is 1.11. The van der Waals surface area contributed by atoms with Gasteiger partial charge >= 0.3 is 0 Å². The summed E-state index contributed by atoms with van der Waals surface area (Å²) in [6.07, 6.45) is 1.15. The first-order valence-electron chi connectivity index (χ1n) is 4.20. The average Bonchev–Trinajstić information content (AvgIpc) is 2.02. The molecular weight excluding hydrogens is 152 g/mol. The Bertz CT molecular complexity index is 271. The molecule has 1 aliphatic heterocycles. The number of rotatable bonds is 2. The highest BCUT2D eigenvalue weighted by atomic mass is 16.3. The first-order valence-corrected chi connectivity index (χ1v) is 4.20. The third-order valence-electron chi connectivity index (χ3n) is 2.17. The number of nitrogens with one attached hydrogen (secondary N) is 1. The van der Waals surface area contributed by atoms with Gasteiger partial charge in [-0.1, -0.05) is 6.07 Å². The monoisotopic (exact) mass is 164 g/mol. The van der Waals surface area contributed by atoms with Crippen molar-refractivity contribution >= 4 is 0 Å². The topological polar surface area (TPSA) is 45.1 Å². The van der Waals surface area contributed by atoms with Crippen LogP contribution in [0.25, 0.3) is 0 Å². The highest BCUT2D eigenvalue weighted by Gasteiger charge is 2.19. The van der Waals surface area contributed by atoms with Crippen LogP contribution in [0.5, 0.6) is 0 Å². The molecule has 0 aliphatic carbocycles. The lowest BCUT2D eigenvalue weighted by molar-refractivity contribution is 0.275. The predicted octanol–water partition coefficient (Wildman–Crippen LogP) is 0.608. The zero-order valence-corrected chi connectivity index (χ0v) is 6.83. The van der Waals surface area contributed by atoms with Crippen LogP contribution in [0, 0.1) is 0 Å². The van der Waals surface area contributed by atoms with Gasteiger partial charge in [-0.15, -0.1) is 0 Å². The van der Waals surface area contributed by atoms with Gasteiger partial charge in [0.2, 0.25) is 0 Å². The van der Waals surface area contributed by atoms with E-state index in [2.05, 4.69) is 10.3 Å². The molecule has 0 aromatic carbocycles. The summed E-state index contributed by atoms with van der Waals surface area (Å²) in [7, 11) is 0. The fraction of sp³-hybridized carbons (Fsp3) is 0.444. The maximum atomic E-state index is 8.85. The van der Waals surface area contributed by atoms with Crippen molar-refractivity contribution < 1.29 is 5.11 Å². The van der Waals surface area contributed by atoms with Crippen molar-refractivity contribution in [1.82, 2.24) is 10.3 Å². The minimum atomic E-state index is 0.0283. The lowest BCUT2D eigenvalue weighted by atomic mass is 10.0. The van der Waals surface area contributed by atoms with Gasteiger partial charge in [-0.25, -0.2) is 0 Å². The predicted molar refractivity (Wildman–Crippen MR) is 45.5 cm³/mol. The molecule has 0 bridgehead atoms. The summed E-state index contributed by atoms with van der Waals surface area (Å²) < 4.78 is 0. The molecular formula is C9H12N2O. The van der Waals surface area contributed by atoms with E-state index in [1.54, 1.807) is 0 Å². The van der Waals surface area contributed by atoms with Gasteiger partial charge in [0.25, 0.3) is 0 Å². The van der Waals surface area contributed by atoms with Gasteiger partial charge in [0.05, 0.1) is 24.0 Å². The van der Waals surface area contributed by atoms with Crippen LogP contribution in [0.1, 0.15) is 23.9 Å². The number of pyridine rings is 1. The number of aliphatic hydroxyl groups excluding tert-OH is 1. The second kappa shape index (κ2) is 3.21. The van der Waals surface area contributed by atoms with E-state index >= 15 is 0 Å². The first kappa shape index (κ1) is 7.71. The molecule has 2 N–H and O–H groups in total. The lowest BCUT2D eigenvalue weighted by Crippen LogP contribution is -2.35. The van der Waals surface area contributed by atoms with Gasteiger partial charge in [0, 0.05) is 0 Å². The maximum Gasteiger partial charge on any atom is 0.0853 e. The minimum Gasteiger partial charge on any atom is -0.390 e. The molecule has 3 nitrogen and oxygen atoms in total. The lowest BCUT2D eigenvalue weighted by Gasteiger charge is -2.27. The van der Waals surface area contributed by atoms with Crippen molar-refractivity contribution in [1.29, 1.82) is 0 Å². The first-order chi connectivity index (χ1) is 5.90. The van der Waals surface area contributed by atoms with E-state index in [0.29, 0.717) is 6.04 Å². The van der Waals surface area contributed by atoms with Gasteiger partial charge in [-0.2, -0.15) is 0 Å². The fourth-order valence-corrected chi connectivity index (χ4v) is 1.32. The van der Waals surface area contributed by atoms with Crippen LogP contribution in [-0.4, -0.2) is 16.6 Å². The molecule has 12 heavy (non-hydrogen) atoms.